The molecule has 3 aromatic heterocycles. The van der Waals surface area contributed by atoms with Crippen LogP contribution < -0.4 is 4.90 Å². The van der Waals surface area contributed by atoms with Crippen LogP contribution in [0.1, 0.15) is 25.3 Å². The van der Waals surface area contributed by atoms with Crippen molar-refractivity contribution in [3.8, 4) is 11.4 Å². The van der Waals surface area contributed by atoms with Crippen LogP contribution in [-0.4, -0.2) is 32.4 Å². The molecule has 8 heteroatoms. The topological polar surface area (TPSA) is 46.3 Å². The quantitative estimate of drug-likeness (QED) is 0.691. The van der Waals surface area contributed by atoms with Crippen molar-refractivity contribution < 1.29 is 13.2 Å². The van der Waals surface area contributed by atoms with Crippen molar-refractivity contribution in [2.45, 2.75) is 25.9 Å². The van der Waals surface area contributed by atoms with Crippen LogP contribution in [0.3, 0.4) is 0 Å². The maximum atomic E-state index is 13.0. The summed E-state index contributed by atoms with van der Waals surface area (Å²) in [6.07, 6.45) is 2.10. The number of alkyl halides is 3. The summed E-state index contributed by atoms with van der Waals surface area (Å²) in [4.78, 5) is 15.3. The molecule has 0 radical (unpaired) electrons. The SMILES string of the molecule is C[C@H]1CCCN(c2nccc(-c3cnc4ccc(C(F)(F)F)cn34)n2)C1. The zero-order valence-electron chi connectivity index (χ0n) is 14.2. The average Bonchev–Trinajstić information content (AvgIpc) is 3.04. The van der Waals surface area contributed by atoms with Crippen LogP contribution in [0.25, 0.3) is 17.0 Å². The molecule has 1 atom stereocenters. The summed E-state index contributed by atoms with van der Waals surface area (Å²) in [5, 5.41) is 0. The van der Waals surface area contributed by atoms with Crippen LogP contribution in [0, 0.1) is 5.92 Å². The van der Waals surface area contributed by atoms with Gasteiger partial charge in [0.1, 0.15) is 5.65 Å². The number of nitrogens with zero attached hydrogens (tertiary/aromatic N) is 5. The number of hydrogen-bond donors (Lipinski definition) is 0. The summed E-state index contributed by atoms with van der Waals surface area (Å²) in [6, 6.07) is 4.09. The van der Waals surface area contributed by atoms with Crippen molar-refractivity contribution in [1.29, 1.82) is 0 Å². The van der Waals surface area contributed by atoms with Gasteiger partial charge in [-0.15, -0.1) is 0 Å². The second kappa shape index (κ2) is 6.26. The van der Waals surface area contributed by atoms with Crippen LogP contribution in [0.4, 0.5) is 19.1 Å². The minimum absolute atomic E-state index is 0.444. The molecule has 0 unspecified atom stereocenters. The van der Waals surface area contributed by atoms with Gasteiger partial charge in [-0.2, -0.15) is 13.2 Å². The lowest BCUT2D eigenvalue weighted by molar-refractivity contribution is -0.137. The van der Waals surface area contributed by atoms with E-state index in [1.807, 2.05) is 0 Å². The molecule has 0 amide bonds. The number of aromatic nitrogens is 4. The lowest BCUT2D eigenvalue weighted by Gasteiger charge is -2.30. The lowest BCUT2D eigenvalue weighted by Crippen LogP contribution is -2.35. The van der Waals surface area contributed by atoms with Crippen LogP contribution >= 0.6 is 0 Å². The molecule has 0 aromatic carbocycles. The van der Waals surface area contributed by atoms with E-state index in [-0.39, 0.29) is 0 Å². The maximum Gasteiger partial charge on any atom is 0.417 e. The summed E-state index contributed by atoms with van der Waals surface area (Å²) in [7, 11) is 0. The van der Waals surface area contributed by atoms with Crippen LogP contribution in [-0.2, 0) is 6.18 Å². The standard InChI is InChI=1S/C18H18F3N5/c1-12-3-2-8-25(10-12)17-22-7-6-14(24-17)15-9-23-16-5-4-13(11-26(15)16)18(19,20)21/h4-7,9,11-12H,2-3,8,10H2,1H3/t12-/m0/s1. The Morgan fingerprint density at radius 3 is 2.77 bits per heavy atom. The van der Waals surface area contributed by atoms with Gasteiger partial charge < -0.3 is 4.90 Å². The van der Waals surface area contributed by atoms with E-state index >= 15 is 0 Å². The van der Waals surface area contributed by atoms with Gasteiger partial charge in [0.05, 0.1) is 23.1 Å². The van der Waals surface area contributed by atoms with E-state index < -0.39 is 11.7 Å². The number of imidazole rings is 1. The molecule has 136 valence electrons. The van der Waals surface area contributed by atoms with E-state index in [2.05, 4.69) is 26.8 Å². The van der Waals surface area contributed by atoms with Gasteiger partial charge in [-0.3, -0.25) is 4.40 Å². The first-order valence-electron chi connectivity index (χ1n) is 8.54. The molecule has 1 fully saturated rings. The molecule has 4 rings (SSSR count). The Morgan fingerprint density at radius 1 is 1.15 bits per heavy atom. The van der Waals surface area contributed by atoms with Crippen molar-refractivity contribution >= 4 is 11.6 Å². The fourth-order valence-corrected chi connectivity index (χ4v) is 3.35. The first-order chi connectivity index (χ1) is 12.4. The number of piperidine rings is 1. The number of pyridine rings is 1. The van der Waals surface area contributed by atoms with Gasteiger partial charge in [-0.05, 0) is 37.0 Å². The number of hydrogen-bond acceptors (Lipinski definition) is 4. The summed E-state index contributed by atoms with van der Waals surface area (Å²) < 4.78 is 40.5. The van der Waals surface area contributed by atoms with Crippen molar-refractivity contribution in [2.75, 3.05) is 18.0 Å². The number of anilines is 1. The van der Waals surface area contributed by atoms with E-state index in [9.17, 15) is 13.2 Å². The highest BCUT2D eigenvalue weighted by Gasteiger charge is 2.31. The highest BCUT2D eigenvalue weighted by Crippen LogP contribution is 2.31. The van der Waals surface area contributed by atoms with E-state index in [1.165, 1.54) is 16.9 Å². The minimum Gasteiger partial charge on any atom is -0.341 e. The third-order valence-electron chi connectivity index (χ3n) is 4.68. The summed E-state index contributed by atoms with van der Waals surface area (Å²) in [5.41, 5.74) is 0.794. The Kier molecular flexibility index (Phi) is 4.05. The second-order valence-corrected chi connectivity index (χ2v) is 6.72. The Hall–Kier alpha value is -2.64. The fourth-order valence-electron chi connectivity index (χ4n) is 3.35. The Morgan fingerprint density at radius 2 is 2.00 bits per heavy atom. The van der Waals surface area contributed by atoms with Crippen LogP contribution in [0.2, 0.25) is 0 Å². The Bertz CT molecular complexity index is 934. The Balaban J connectivity index is 1.74. The lowest BCUT2D eigenvalue weighted by atomic mass is 10.0. The molecule has 0 bridgehead atoms. The molecule has 1 aliphatic rings. The van der Waals surface area contributed by atoms with E-state index in [0.717, 1.165) is 31.8 Å². The summed E-state index contributed by atoms with van der Waals surface area (Å²) in [6.45, 7) is 3.97. The molecule has 0 saturated carbocycles. The van der Waals surface area contributed by atoms with E-state index in [1.54, 1.807) is 18.5 Å². The molecule has 1 saturated heterocycles. The molecule has 0 aliphatic carbocycles. The van der Waals surface area contributed by atoms with Crippen molar-refractivity contribution in [3.05, 3.63) is 42.4 Å². The fraction of sp³-hybridized carbons (Fsp3) is 0.389. The maximum absolute atomic E-state index is 13.0. The summed E-state index contributed by atoms with van der Waals surface area (Å²) >= 11 is 0. The van der Waals surface area contributed by atoms with Gasteiger partial charge in [0.25, 0.3) is 0 Å². The zero-order valence-corrected chi connectivity index (χ0v) is 14.2. The highest BCUT2D eigenvalue weighted by atomic mass is 19.4. The van der Waals surface area contributed by atoms with Crippen molar-refractivity contribution in [3.63, 3.8) is 0 Å². The molecular weight excluding hydrogens is 343 g/mol. The molecule has 3 aromatic rings. The van der Waals surface area contributed by atoms with Gasteiger partial charge in [-0.1, -0.05) is 6.92 Å². The first kappa shape index (κ1) is 16.8. The largest absolute Gasteiger partial charge is 0.417 e. The third kappa shape index (κ3) is 3.11. The molecule has 5 nitrogen and oxygen atoms in total. The number of rotatable bonds is 2. The van der Waals surface area contributed by atoms with Gasteiger partial charge in [0.15, 0.2) is 0 Å². The van der Waals surface area contributed by atoms with Gasteiger partial charge in [0, 0.05) is 25.5 Å². The van der Waals surface area contributed by atoms with Gasteiger partial charge in [0.2, 0.25) is 5.95 Å². The summed E-state index contributed by atoms with van der Waals surface area (Å²) in [5.74, 6) is 1.18. The van der Waals surface area contributed by atoms with Gasteiger partial charge in [-0.25, -0.2) is 15.0 Å². The number of fused-ring (bicyclic) bond motifs is 1. The third-order valence-corrected chi connectivity index (χ3v) is 4.68. The molecule has 1 aliphatic heterocycles. The zero-order chi connectivity index (χ0) is 18.3. The second-order valence-electron chi connectivity index (χ2n) is 6.72. The first-order valence-corrected chi connectivity index (χ1v) is 8.54. The predicted octanol–water partition coefficient (Wildman–Crippen LogP) is 4.05. The van der Waals surface area contributed by atoms with Crippen LogP contribution in [0.5, 0.6) is 0 Å². The molecular formula is C18H18F3N5. The van der Waals surface area contributed by atoms with Crippen molar-refractivity contribution in [1.82, 2.24) is 19.4 Å². The number of halogens is 3. The monoisotopic (exact) mass is 361 g/mol. The van der Waals surface area contributed by atoms with Crippen LogP contribution in [0.15, 0.2) is 36.8 Å². The molecule has 26 heavy (non-hydrogen) atoms. The molecule has 4 heterocycles. The molecule has 0 N–H and O–H groups in total. The van der Waals surface area contributed by atoms with Gasteiger partial charge >= 0.3 is 6.18 Å². The Labute approximate surface area is 148 Å². The van der Waals surface area contributed by atoms with E-state index in [0.29, 0.717) is 28.9 Å². The average molecular weight is 361 g/mol. The minimum atomic E-state index is -4.41. The van der Waals surface area contributed by atoms with Crippen molar-refractivity contribution in [2.24, 2.45) is 5.92 Å². The molecule has 0 spiro atoms. The van der Waals surface area contributed by atoms with E-state index in [4.69, 9.17) is 0 Å². The normalized spacial score (nSPS) is 18.5. The predicted molar refractivity (Wildman–Crippen MR) is 91.8 cm³/mol. The highest BCUT2D eigenvalue weighted by molar-refractivity contribution is 5.61. The smallest absolute Gasteiger partial charge is 0.341 e.